The molecule has 0 unspecified atom stereocenters. The summed E-state index contributed by atoms with van der Waals surface area (Å²) in [6, 6.07) is 0. The SMILES string of the molecule is C=C(C)/C(=C\OCC(C)C)COC. The molecule has 0 amide bonds. The van der Waals surface area contributed by atoms with Gasteiger partial charge in [-0.3, -0.25) is 0 Å². The van der Waals surface area contributed by atoms with Crippen molar-refractivity contribution in [2.75, 3.05) is 20.3 Å². The van der Waals surface area contributed by atoms with Gasteiger partial charge in [0.25, 0.3) is 0 Å². The van der Waals surface area contributed by atoms with E-state index >= 15 is 0 Å². The Hall–Kier alpha value is -0.760. The molecule has 0 spiro atoms. The third kappa shape index (κ3) is 6.41. The van der Waals surface area contributed by atoms with Crippen molar-refractivity contribution in [3.05, 3.63) is 24.0 Å². The first-order valence-electron chi connectivity index (χ1n) is 4.53. The molecule has 0 heterocycles. The van der Waals surface area contributed by atoms with Crippen molar-refractivity contribution in [3.63, 3.8) is 0 Å². The fourth-order valence-electron chi connectivity index (χ4n) is 0.754. The van der Waals surface area contributed by atoms with E-state index in [0.717, 1.165) is 17.8 Å². The predicted molar refractivity (Wildman–Crippen MR) is 55.6 cm³/mol. The molecule has 0 N–H and O–H groups in total. The Morgan fingerprint density at radius 2 is 2.08 bits per heavy atom. The van der Waals surface area contributed by atoms with Crippen LogP contribution in [0.15, 0.2) is 24.0 Å². The van der Waals surface area contributed by atoms with Crippen LogP contribution < -0.4 is 0 Å². The van der Waals surface area contributed by atoms with Crippen LogP contribution in [0, 0.1) is 5.92 Å². The van der Waals surface area contributed by atoms with E-state index in [2.05, 4.69) is 20.4 Å². The summed E-state index contributed by atoms with van der Waals surface area (Å²) >= 11 is 0. The van der Waals surface area contributed by atoms with Crippen LogP contribution in [-0.4, -0.2) is 20.3 Å². The molecule has 0 atom stereocenters. The lowest BCUT2D eigenvalue weighted by Crippen LogP contribution is -2.01. The Balaban J connectivity index is 3.96. The highest BCUT2D eigenvalue weighted by Crippen LogP contribution is 2.07. The molecule has 0 aromatic heterocycles. The van der Waals surface area contributed by atoms with Crippen LogP contribution in [0.25, 0.3) is 0 Å². The van der Waals surface area contributed by atoms with E-state index < -0.39 is 0 Å². The summed E-state index contributed by atoms with van der Waals surface area (Å²) in [6.45, 7) is 11.3. The van der Waals surface area contributed by atoms with Gasteiger partial charge in [0.05, 0.1) is 19.5 Å². The van der Waals surface area contributed by atoms with E-state index in [1.807, 2.05) is 6.92 Å². The second-order valence-electron chi connectivity index (χ2n) is 3.58. The Morgan fingerprint density at radius 1 is 1.46 bits per heavy atom. The second-order valence-corrected chi connectivity index (χ2v) is 3.58. The van der Waals surface area contributed by atoms with Crippen LogP contribution in [0.4, 0.5) is 0 Å². The first-order valence-corrected chi connectivity index (χ1v) is 4.53. The molecule has 76 valence electrons. The van der Waals surface area contributed by atoms with Gasteiger partial charge >= 0.3 is 0 Å². The van der Waals surface area contributed by atoms with Crippen molar-refractivity contribution in [2.24, 2.45) is 5.92 Å². The first-order chi connectivity index (χ1) is 6.07. The molecule has 0 saturated carbocycles. The molecule has 13 heavy (non-hydrogen) atoms. The van der Waals surface area contributed by atoms with E-state index in [1.165, 1.54) is 0 Å². The minimum absolute atomic E-state index is 0.546. The highest BCUT2D eigenvalue weighted by Gasteiger charge is 1.98. The molecule has 0 fully saturated rings. The number of ether oxygens (including phenoxy) is 2. The Kier molecular flexibility index (Phi) is 6.33. The molecule has 2 nitrogen and oxygen atoms in total. The summed E-state index contributed by atoms with van der Waals surface area (Å²) in [6.07, 6.45) is 1.74. The minimum atomic E-state index is 0.546. The molecule has 0 aliphatic heterocycles. The van der Waals surface area contributed by atoms with Crippen LogP contribution in [0.1, 0.15) is 20.8 Å². The summed E-state index contributed by atoms with van der Waals surface area (Å²) < 4.78 is 10.4. The maximum absolute atomic E-state index is 5.37. The van der Waals surface area contributed by atoms with Gasteiger partial charge < -0.3 is 9.47 Å². The fraction of sp³-hybridized carbons (Fsp3) is 0.636. The van der Waals surface area contributed by atoms with Crippen molar-refractivity contribution in [1.29, 1.82) is 0 Å². The van der Waals surface area contributed by atoms with Crippen LogP contribution in [0.3, 0.4) is 0 Å². The lowest BCUT2D eigenvalue weighted by molar-refractivity contribution is 0.194. The molecule has 0 saturated heterocycles. The van der Waals surface area contributed by atoms with E-state index in [1.54, 1.807) is 13.4 Å². The highest BCUT2D eigenvalue weighted by molar-refractivity contribution is 5.24. The zero-order valence-electron chi connectivity index (χ0n) is 9.09. The number of rotatable bonds is 6. The van der Waals surface area contributed by atoms with Crippen molar-refractivity contribution in [1.82, 2.24) is 0 Å². The second kappa shape index (κ2) is 6.72. The normalized spacial score (nSPS) is 11.9. The van der Waals surface area contributed by atoms with Gasteiger partial charge in [0.1, 0.15) is 0 Å². The Morgan fingerprint density at radius 3 is 2.46 bits per heavy atom. The van der Waals surface area contributed by atoms with Crippen molar-refractivity contribution < 1.29 is 9.47 Å². The maximum Gasteiger partial charge on any atom is 0.0896 e. The van der Waals surface area contributed by atoms with E-state index in [-0.39, 0.29) is 0 Å². The highest BCUT2D eigenvalue weighted by atomic mass is 16.5. The lowest BCUT2D eigenvalue weighted by atomic mass is 10.2. The topological polar surface area (TPSA) is 18.5 Å². The van der Waals surface area contributed by atoms with Crippen LogP contribution >= 0.6 is 0 Å². The largest absolute Gasteiger partial charge is 0.501 e. The summed E-state index contributed by atoms with van der Waals surface area (Å²) in [4.78, 5) is 0. The van der Waals surface area contributed by atoms with E-state index in [0.29, 0.717) is 12.5 Å². The summed E-state index contributed by atoms with van der Waals surface area (Å²) in [7, 11) is 1.67. The molecule has 0 rings (SSSR count). The number of hydrogen-bond donors (Lipinski definition) is 0. The van der Waals surface area contributed by atoms with Gasteiger partial charge in [0, 0.05) is 12.7 Å². The molecule has 2 heteroatoms. The van der Waals surface area contributed by atoms with Gasteiger partial charge in [-0.25, -0.2) is 0 Å². The minimum Gasteiger partial charge on any atom is -0.501 e. The van der Waals surface area contributed by atoms with Gasteiger partial charge in [-0.1, -0.05) is 20.4 Å². The van der Waals surface area contributed by atoms with E-state index in [4.69, 9.17) is 9.47 Å². The Bertz CT molecular complexity index is 181. The van der Waals surface area contributed by atoms with Gasteiger partial charge in [0.15, 0.2) is 0 Å². The average molecular weight is 184 g/mol. The molecule has 0 aromatic carbocycles. The quantitative estimate of drug-likeness (QED) is 0.467. The van der Waals surface area contributed by atoms with Crippen LogP contribution in [-0.2, 0) is 9.47 Å². The third-order valence-electron chi connectivity index (χ3n) is 1.50. The smallest absolute Gasteiger partial charge is 0.0896 e. The molecule has 0 bridgehead atoms. The molecular weight excluding hydrogens is 164 g/mol. The fourth-order valence-corrected chi connectivity index (χ4v) is 0.754. The maximum atomic E-state index is 5.37. The monoisotopic (exact) mass is 184 g/mol. The first kappa shape index (κ1) is 12.2. The average Bonchev–Trinajstić information content (AvgIpc) is 2.02. The summed E-state index contributed by atoms with van der Waals surface area (Å²) in [5.74, 6) is 0.546. The van der Waals surface area contributed by atoms with Gasteiger partial charge in [-0.05, 0) is 18.4 Å². The predicted octanol–water partition coefficient (Wildman–Crippen LogP) is 2.77. The molecule has 0 radical (unpaired) electrons. The summed E-state index contributed by atoms with van der Waals surface area (Å²) in [5.41, 5.74) is 2.01. The van der Waals surface area contributed by atoms with Gasteiger partial charge in [-0.2, -0.15) is 0 Å². The van der Waals surface area contributed by atoms with Crippen LogP contribution in [0.2, 0.25) is 0 Å². The lowest BCUT2D eigenvalue weighted by Gasteiger charge is -2.08. The number of methoxy groups -OCH3 is 1. The van der Waals surface area contributed by atoms with E-state index in [9.17, 15) is 0 Å². The zero-order chi connectivity index (χ0) is 10.3. The van der Waals surface area contributed by atoms with Crippen molar-refractivity contribution in [3.8, 4) is 0 Å². The summed E-state index contributed by atoms with van der Waals surface area (Å²) in [5, 5.41) is 0. The van der Waals surface area contributed by atoms with Crippen molar-refractivity contribution >= 4 is 0 Å². The standard InChI is InChI=1S/C11H20O2/c1-9(2)6-13-8-11(7-12-5)10(3)4/h8-9H,3,6-7H2,1-2,4-5H3/b11-8-. The van der Waals surface area contributed by atoms with Crippen LogP contribution in [0.5, 0.6) is 0 Å². The number of hydrogen-bond acceptors (Lipinski definition) is 2. The molecule has 0 aliphatic rings. The van der Waals surface area contributed by atoms with Crippen molar-refractivity contribution in [2.45, 2.75) is 20.8 Å². The molecule has 0 aliphatic carbocycles. The van der Waals surface area contributed by atoms with Gasteiger partial charge in [0.2, 0.25) is 0 Å². The molecular formula is C11H20O2. The Labute approximate surface area is 81.2 Å². The van der Waals surface area contributed by atoms with Gasteiger partial charge in [-0.15, -0.1) is 0 Å². The third-order valence-corrected chi connectivity index (χ3v) is 1.50. The molecule has 0 aromatic rings. The zero-order valence-corrected chi connectivity index (χ0v) is 9.09.